The van der Waals surface area contributed by atoms with Crippen LogP contribution in [0.25, 0.3) is 0 Å². The molecule has 0 saturated heterocycles. The van der Waals surface area contributed by atoms with Crippen molar-refractivity contribution in [1.82, 2.24) is 10.2 Å². The Hall–Kier alpha value is -2.55. The zero-order chi connectivity index (χ0) is 17.2. The molecule has 0 saturated carbocycles. The molecule has 1 amide bonds. The largest absolute Gasteiger partial charge is 0.348 e. The summed E-state index contributed by atoms with van der Waals surface area (Å²) in [5.74, 6) is 0.854. The Balaban J connectivity index is 2.83. The molecule has 0 fully saturated rings. The fourth-order valence-corrected chi connectivity index (χ4v) is 1.95. The predicted octanol–water partition coefficient (Wildman–Crippen LogP) is 2.55. The maximum atomic E-state index is 12.1. The average molecular weight is 315 g/mol. The Bertz CT molecular complexity index is 589. The van der Waals surface area contributed by atoms with Gasteiger partial charge in [-0.15, -0.1) is 0 Å². The van der Waals surface area contributed by atoms with Crippen LogP contribution in [0.1, 0.15) is 32.3 Å². The fraction of sp³-hybridized carbons (Fsp3) is 0.471. The predicted molar refractivity (Wildman–Crippen MR) is 92.7 cm³/mol. The molecular weight excluding hydrogens is 290 g/mol. The van der Waals surface area contributed by atoms with Crippen molar-refractivity contribution in [3.8, 4) is 6.19 Å². The second kappa shape index (κ2) is 9.46. The van der Waals surface area contributed by atoms with Crippen molar-refractivity contribution in [2.75, 3.05) is 19.4 Å². The van der Waals surface area contributed by atoms with Crippen molar-refractivity contribution in [3.63, 3.8) is 0 Å². The summed E-state index contributed by atoms with van der Waals surface area (Å²) >= 11 is 0. The number of nitrogens with one attached hydrogen (secondary N) is 2. The standard InChI is InChI=1S/C17H25N5O/c1-5-13(2)10-16(23)21-15-9-7-6-8-14(15)11-19-17(20-12-18)22(3)4/h6-9,13H,5,10-11H2,1-4H3,(H,19,20)(H,21,23). The lowest BCUT2D eigenvalue weighted by Crippen LogP contribution is -2.33. The number of hydrogen-bond acceptors (Lipinski definition) is 3. The molecule has 0 aliphatic carbocycles. The van der Waals surface area contributed by atoms with E-state index in [4.69, 9.17) is 5.26 Å². The van der Waals surface area contributed by atoms with Gasteiger partial charge in [-0.1, -0.05) is 38.5 Å². The molecule has 23 heavy (non-hydrogen) atoms. The highest BCUT2D eigenvalue weighted by atomic mass is 16.1. The van der Waals surface area contributed by atoms with Gasteiger partial charge in [-0.25, -0.2) is 4.99 Å². The quantitative estimate of drug-likeness (QED) is 0.366. The smallest absolute Gasteiger partial charge is 0.224 e. The third-order valence-corrected chi connectivity index (χ3v) is 3.51. The Kier molecular flexibility index (Phi) is 7.61. The van der Waals surface area contributed by atoms with E-state index in [0.717, 1.165) is 17.7 Å². The highest BCUT2D eigenvalue weighted by Crippen LogP contribution is 2.17. The minimum Gasteiger partial charge on any atom is -0.348 e. The van der Waals surface area contributed by atoms with Crippen LogP contribution < -0.4 is 10.6 Å². The number of carbonyl (C=O) groups is 1. The first-order chi connectivity index (χ1) is 11.0. The van der Waals surface area contributed by atoms with Crippen molar-refractivity contribution >= 4 is 17.6 Å². The van der Waals surface area contributed by atoms with Crippen molar-refractivity contribution in [2.24, 2.45) is 10.9 Å². The molecule has 1 rings (SSSR count). The number of hydrogen-bond donors (Lipinski definition) is 2. The van der Waals surface area contributed by atoms with Crippen molar-refractivity contribution in [1.29, 1.82) is 5.26 Å². The van der Waals surface area contributed by atoms with Crippen molar-refractivity contribution < 1.29 is 4.79 Å². The Morgan fingerprint density at radius 1 is 1.39 bits per heavy atom. The van der Waals surface area contributed by atoms with Crippen LogP contribution in [0.3, 0.4) is 0 Å². The Morgan fingerprint density at radius 3 is 2.70 bits per heavy atom. The number of benzene rings is 1. The normalized spacial score (nSPS) is 12.2. The highest BCUT2D eigenvalue weighted by molar-refractivity contribution is 5.91. The van der Waals surface area contributed by atoms with Gasteiger partial charge in [0.05, 0.1) is 6.54 Å². The summed E-state index contributed by atoms with van der Waals surface area (Å²) < 4.78 is 0. The monoisotopic (exact) mass is 315 g/mol. The lowest BCUT2D eigenvalue weighted by atomic mass is 10.0. The summed E-state index contributed by atoms with van der Waals surface area (Å²) in [6.07, 6.45) is 3.35. The number of rotatable bonds is 6. The van der Waals surface area contributed by atoms with E-state index in [1.165, 1.54) is 0 Å². The molecule has 0 bridgehead atoms. The average Bonchev–Trinajstić information content (AvgIpc) is 2.52. The van der Waals surface area contributed by atoms with Gasteiger partial charge in [0.2, 0.25) is 11.9 Å². The Morgan fingerprint density at radius 2 is 2.09 bits per heavy atom. The molecule has 0 aromatic heterocycles. The molecule has 124 valence electrons. The van der Waals surface area contributed by atoms with Gasteiger partial charge in [0, 0.05) is 26.2 Å². The van der Waals surface area contributed by atoms with Gasteiger partial charge in [-0.3, -0.25) is 10.1 Å². The highest BCUT2D eigenvalue weighted by Gasteiger charge is 2.10. The lowest BCUT2D eigenvalue weighted by Gasteiger charge is -2.15. The lowest BCUT2D eigenvalue weighted by molar-refractivity contribution is -0.117. The second-order valence-corrected chi connectivity index (χ2v) is 5.69. The number of carbonyl (C=O) groups excluding carboxylic acids is 1. The van der Waals surface area contributed by atoms with Crippen LogP contribution in [0.2, 0.25) is 0 Å². The summed E-state index contributed by atoms with van der Waals surface area (Å²) in [7, 11) is 3.62. The molecule has 1 aromatic carbocycles. The summed E-state index contributed by atoms with van der Waals surface area (Å²) in [5, 5.41) is 14.2. The van der Waals surface area contributed by atoms with Gasteiger partial charge in [0.15, 0.2) is 6.19 Å². The van der Waals surface area contributed by atoms with Gasteiger partial charge in [0.1, 0.15) is 0 Å². The number of guanidine groups is 1. The number of nitriles is 1. The van der Waals surface area contributed by atoms with Gasteiger partial charge < -0.3 is 10.2 Å². The fourth-order valence-electron chi connectivity index (χ4n) is 1.95. The molecule has 0 radical (unpaired) electrons. The minimum absolute atomic E-state index is 0.0127. The summed E-state index contributed by atoms with van der Waals surface area (Å²) in [6, 6.07) is 7.57. The van der Waals surface area contributed by atoms with Crippen LogP contribution >= 0.6 is 0 Å². The first-order valence-electron chi connectivity index (χ1n) is 7.72. The zero-order valence-corrected chi connectivity index (χ0v) is 14.3. The first-order valence-corrected chi connectivity index (χ1v) is 7.72. The van der Waals surface area contributed by atoms with Crippen molar-refractivity contribution in [3.05, 3.63) is 29.8 Å². The van der Waals surface area contributed by atoms with Crippen LogP contribution in [0.5, 0.6) is 0 Å². The van der Waals surface area contributed by atoms with Crippen LogP contribution in [-0.4, -0.2) is 30.9 Å². The molecule has 6 heteroatoms. The van der Waals surface area contributed by atoms with Crippen molar-refractivity contribution in [2.45, 2.75) is 33.2 Å². The number of aliphatic imine (C=N–C) groups is 1. The minimum atomic E-state index is 0.0127. The molecule has 0 aliphatic heterocycles. The third-order valence-electron chi connectivity index (χ3n) is 3.51. The van der Waals surface area contributed by atoms with Crippen LogP contribution in [-0.2, 0) is 11.3 Å². The summed E-state index contributed by atoms with van der Waals surface area (Å²) in [5.41, 5.74) is 1.67. The number of amides is 1. The van der Waals surface area contributed by atoms with E-state index in [1.54, 1.807) is 4.90 Å². The number of anilines is 1. The SMILES string of the molecule is CCC(C)CC(=O)Nc1ccccc1CN=C(NC#N)N(C)C. The molecule has 1 atom stereocenters. The molecule has 2 N–H and O–H groups in total. The summed E-state index contributed by atoms with van der Waals surface area (Å²) in [6.45, 7) is 4.51. The van der Waals surface area contributed by atoms with Crippen LogP contribution in [0.4, 0.5) is 5.69 Å². The van der Waals surface area contributed by atoms with Gasteiger partial charge in [-0.2, -0.15) is 5.26 Å². The molecule has 1 unspecified atom stereocenters. The summed E-state index contributed by atoms with van der Waals surface area (Å²) in [4.78, 5) is 18.2. The second-order valence-electron chi connectivity index (χ2n) is 5.69. The molecule has 1 aromatic rings. The van der Waals surface area contributed by atoms with E-state index in [-0.39, 0.29) is 5.91 Å². The molecule has 6 nitrogen and oxygen atoms in total. The molecule has 0 heterocycles. The third kappa shape index (κ3) is 6.39. The van der Waals surface area contributed by atoms with Gasteiger partial charge >= 0.3 is 0 Å². The number of nitrogens with zero attached hydrogens (tertiary/aromatic N) is 3. The maximum absolute atomic E-state index is 12.1. The van der Waals surface area contributed by atoms with Crippen LogP contribution in [0, 0.1) is 17.4 Å². The molecule has 0 spiro atoms. The Labute approximate surface area is 138 Å². The van der Waals surface area contributed by atoms with E-state index in [9.17, 15) is 4.79 Å². The molecule has 0 aliphatic rings. The zero-order valence-electron chi connectivity index (χ0n) is 14.3. The van der Waals surface area contributed by atoms with E-state index >= 15 is 0 Å². The van der Waals surface area contributed by atoms with E-state index in [2.05, 4.69) is 29.5 Å². The number of para-hydroxylation sites is 1. The first kappa shape index (κ1) is 18.5. The van der Waals surface area contributed by atoms with Crippen LogP contribution in [0.15, 0.2) is 29.3 Å². The topological polar surface area (TPSA) is 80.5 Å². The van der Waals surface area contributed by atoms with Gasteiger partial charge in [-0.05, 0) is 17.5 Å². The van der Waals surface area contributed by atoms with Gasteiger partial charge in [0.25, 0.3) is 0 Å². The maximum Gasteiger partial charge on any atom is 0.224 e. The van der Waals surface area contributed by atoms with E-state index in [0.29, 0.717) is 24.8 Å². The van der Waals surface area contributed by atoms with E-state index < -0.39 is 0 Å². The molecular formula is C17H25N5O. The van der Waals surface area contributed by atoms with E-state index in [1.807, 2.05) is 44.6 Å².